The zero-order valence-corrected chi connectivity index (χ0v) is 9.02. The van der Waals surface area contributed by atoms with Crippen LogP contribution in [0.1, 0.15) is 43.1 Å². The second kappa shape index (κ2) is 4.51. The molecule has 0 aliphatic heterocycles. The van der Waals surface area contributed by atoms with E-state index in [0.29, 0.717) is 5.69 Å². The summed E-state index contributed by atoms with van der Waals surface area (Å²) in [5.41, 5.74) is 0.525. The Morgan fingerprint density at radius 2 is 2.00 bits per heavy atom. The molecule has 0 unspecified atom stereocenters. The van der Waals surface area contributed by atoms with E-state index < -0.39 is 0 Å². The summed E-state index contributed by atoms with van der Waals surface area (Å²) >= 11 is 0. The summed E-state index contributed by atoms with van der Waals surface area (Å²) in [5, 5.41) is 0. The molecule has 0 radical (unpaired) electrons. The molecular weight excluding hydrogens is 188 g/mol. The van der Waals surface area contributed by atoms with Crippen LogP contribution in [0.25, 0.3) is 0 Å². The Kier molecular flexibility index (Phi) is 3.09. The van der Waals surface area contributed by atoms with Gasteiger partial charge in [-0.2, -0.15) is 0 Å². The summed E-state index contributed by atoms with van der Waals surface area (Å²) in [6.07, 6.45) is 9.10. The summed E-state index contributed by atoms with van der Waals surface area (Å²) in [4.78, 5) is 20.0. The molecule has 0 spiro atoms. The summed E-state index contributed by atoms with van der Waals surface area (Å²) < 4.78 is 0. The van der Waals surface area contributed by atoms with Crippen molar-refractivity contribution in [1.29, 1.82) is 0 Å². The third-order valence-electron chi connectivity index (χ3n) is 3.20. The van der Waals surface area contributed by atoms with E-state index in [0.717, 1.165) is 31.6 Å². The molecule has 15 heavy (non-hydrogen) atoms. The normalized spacial score (nSPS) is 26.2. The molecule has 0 aromatic carbocycles. The van der Waals surface area contributed by atoms with Gasteiger partial charge in [0.15, 0.2) is 5.78 Å². The number of aromatic nitrogens is 2. The number of carbonyl (C=O) groups is 1. The lowest BCUT2D eigenvalue weighted by Crippen LogP contribution is -2.21. The Bertz CT molecular complexity index is 329. The lowest BCUT2D eigenvalue weighted by molar-refractivity contribution is 0.0870. The molecule has 80 valence electrons. The Morgan fingerprint density at radius 3 is 2.60 bits per heavy atom. The summed E-state index contributed by atoms with van der Waals surface area (Å²) in [6, 6.07) is 0. The van der Waals surface area contributed by atoms with Crippen molar-refractivity contribution in [2.24, 2.45) is 11.8 Å². The average Bonchev–Trinajstić information content (AvgIpc) is 2.30. The van der Waals surface area contributed by atoms with Gasteiger partial charge in [-0.25, -0.2) is 4.98 Å². The van der Waals surface area contributed by atoms with Gasteiger partial charge < -0.3 is 0 Å². The summed E-state index contributed by atoms with van der Waals surface area (Å²) in [6.45, 7) is 2.25. The van der Waals surface area contributed by atoms with Crippen LogP contribution in [-0.2, 0) is 0 Å². The van der Waals surface area contributed by atoms with E-state index in [1.165, 1.54) is 0 Å². The maximum absolute atomic E-state index is 12.0. The second-order valence-corrected chi connectivity index (χ2v) is 4.41. The van der Waals surface area contributed by atoms with Gasteiger partial charge in [0, 0.05) is 18.3 Å². The maximum Gasteiger partial charge on any atom is 0.185 e. The molecule has 3 nitrogen and oxygen atoms in total. The largest absolute Gasteiger partial charge is 0.292 e. The van der Waals surface area contributed by atoms with Crippen LogP contribution in [0, 0.1) is 11.8 Å². The van der Waals surface area contributed by atoms with Gasteiger partial charge in [-0.15, -0.1) is 0 Å². The highest BCUT2D eigenvalue weighted by molar-refractivity contribution is 5.95. The minimum atomic E-state index is 0.176. The Hall–Kier alpha value is -1.25. The molecule has 2 rings (SSSR count). The van der Waals surface area contributed by atoms with Crippen LogP contribution in [0.4, 0.5) is 0 Å². The van der Waals surface area contributed by atoms with E-state index >= 15 is 0 Å². The van der Waals surface area contributed by atoms with Crippen molar-refractivity contribution >= 4 is 5.78 Å². The minimum absolute atomic E-state index is 0.176. The quantitative estimate of drug-likeness (QED) is 0.695. The number of nitrogens with zero attached hydrogens (tertiary/aromatic N) is 2. The highest BCUT2D eigenvalue weighted by Crippen LogP contribution is 2.29. The van der Waals surface area contributed by atoms with E-state index in [2.05, 4.69) is 16.9 Å². The number of ketones is 1. The third kappa shape index (κ3) is 2.41. The first-order valence-corrected chi connectivity index (χ1v) is 5.57. The highest BCUT2D eigenvalue weighted by atomic mass is 16.1. The van der Waals surface area contributed by atoms with Crippen molar-refractivity contribution in [3.63, 3.8) is 0 Å². The van der Waals surface area contributed by atoms with Gasteiger partial charge in [-0.3, -0.25) is 9.78 Å². The van der Waals surface area contributed by atoms with Crippen LogP contribution < -0.4 is 0 Å². The van der Waals surface area contributed by atoms with Gasteiger partial charge in [0.25, 0.3) is 0 Å². The smallest absolute Gasteiger partial charge is 0.185 e. The zero-order valence-electron chi connectivity index (χ0n) is 9.02. The third-order valence-corrected chi connectivity index (χ3v) is 3.20. The number of Topliss-reactive ketones (excluding diaryl/α,β-unsaturated/α-hetero) is 1. The molecule has 1 fully saturated rings. The van der Waals surface area contributed by atoms with Crippen molar-refractivity contribution in [3.05, 3.63) is 24.3 Å². The van der Waals surface area contributed by atoms with E-state index in [1.54, 1.807) is 18.6 Å². The number of carbonyl (C=O) groups excluding carboxylic acids is 1. The monoisotopic (exact) mass is 204 g/mol. The molecule has 0 atom stereocenters. The maximum atomic E-state index is 12.0. The minimum Gasteiger partial charge on any atom is -0.292 e. The highest BCUT2D eigenvalue weighted by Gasteiger charge is 2.25. The molecule has 1 heterocycles. The molecule has 1 aromatic heterocycles. The van der Waals surface area contributed by atoms with E-state index in [9.17, 15) is 4.79 Å². The Morgan fingerprint density at radius 1 is 1.27 bits per heavy atom. The second-order valence-electron chi connectivity index (χ2n) is 4.41. The Balaban J connectivity index is 2.03. The molecule has 3 heteroatoms. The lowest BCUT2D eigenvalue weighted by Gasteiger charge is -2.24. The van der Waals surface area contributed by atoms with Crippen LogP contribution >= 0.6 is 0 Å². The first-order valence-electron chi connectivity index (χ1n) is 5.57. The van der Waals surface area contributed by atoms with Gasteiger partial charge >= 0.3 is 0 Å². The SMILES string of the molecule is CC1CCC(C(=O)c2cnccn2)CC1. The van der Waals surface area contributed by atoms with E-state index in [4.69, 9.17) is 0 Å². The van der Waals surface area contributed by atoms with Gasteiger partial charge in [-0.05, 0) is 18.8 Å². The standard InChI is InChI=1S/C12H16N2O/c1-9-2-4-10(5-3-9)12(15)11-8-13-6-7-14-11/h6-10H,2-5H2,1H3. The topological polar surface area (TPSA) is 42.9 Å². The van der Waals surface area contributed by atoms with Crippen LogP contribution in [0.15, 0.2) is 18.6 Å². The Labute approximate surface area is 89.9 Å². The van der Waals surface area contributed by atoms with Crippen LogP contribution in [0.2, 0.25) is 0 Å². The van der Waals surface area contributed by atoms with Crippen molar-refractivity contribution < 1.29 is 4.79 Å². The number of hydrogen-bond donors (Lipinski definition) is 0. The predicted octanol–water partition coefficient (Wildman–Crippen LogP) is 2.49. The fraction of sp³-hybridized carbons (Fsp3) is 0.583. The first-order chi connectivity index (χ1) is 7.27. The van der Waals surface area contributed by atoms with E-state index in [1.807, 2.05) is 0 Å². The molecule has 1 aliphatic carbocycles. The lowest BCUT2D eigenvalue weighted by atomic mass is 9.80. The fourth-order valence-electron chi connectivity index (χ4n) is 2.16. The molecule has 0 bridgehead atoms. The number of rotatable bonds is 2. The molecule has 0 saturated heterocycles. The molecular formula is C12H16N2O. The molecule has 1 saturated carbocycles. The predicted molar refractivity (Wildman–Crippen MR) is 57.5 cm³/mol. The van der Waals surface area contributed by atoms with Gasteiger partial charge in [0.1, 0.15) is 5.69 Å². The van der Waals surface area contributed by atoms with Crippen LogP contribution in [0.5, 0.6) is 0 Å². The van der Waals surface area contributed by atoms with Gasteiger partial charge in [-0.1, -0.05) is 19.8 Å². The molecule has 0 amide bonds. The van der Waals surface area contributed by atoms with Crippen molar-refractivity contribution in [3.8, 4) is 0 Å². The summed E-state index contributed by atoms with van der Waals surface area (Å²) in [5.74, 6) is 1.13. The van der Waals surface area contributed by atoms with Crippen molar-refractivity contribution in [2.45, 2.75) is 32.6 Å². The summed E-state index contributed by atoms with van der Waals surface area (Å²) in [7, 11) is 0. The van der Waals surface area contributed by atoms with Crippen molar-refractivity contribution in [1.82, 2.24) is 9.97 Å². The molecule has 1 aliphatic rings. The number of hydrogen-bond acceptors (Lipinski definition) is 3. The fourth-order valence-corrected chi connectivity index (χ4v) is 2.16. The molecule has 0 N–H and O–H groups in total. The van der Waals surface area contributed by atoms with Gasteiger partial charge in [0.2, 0.25) is 0 Å². The van der Waals surface area contributed by atoms with Crippen LogP contribution in [0.3, 0.4) is 0 Å². The molecule has 1 aromatic rings. The average molecular weight is 204 g/mol. The van der Waals surface area contributed by atoms with Gasteiger partial charge in [0.05, 0.1) is 6.20 Å². The first kappa shape index (κ1) is 10.3. The van der Waals surface area contributed by atoms with Crippen molar-refractivity contribution in [2.75, 3.05) is 0 Å². The van der Waals surface area contributed by atoms with E-state index in [-0.39, 0.29) is 11.7 Å². The van der Waals surface area contributed by atoms with Crippen LogP contribution in [-0.4, -0.2) is 15.8 Å². The zero-order chi connectivity index (χ0) is 10.7.